The second kappa shape index (κ2) is 4.94. The molecule has 1 saturated heterocycles. The van der Waals surface area contributed by atoms with E-state index in [0.29, 0.717) is 5.69 Å². The van der Waals surface area contributed by atoms with Gasteiger partial charge in [-0.2, -0.15) is 0 Å². The number of amides is 1. The van der Waals surface area contributed by atoms with Crippen LogP contribution < -0.4 is 4.90 Å². The van der Waals surface area contributed by atoms with Gasteiger partial charge in [-0.15, -0.1) is 0 Å². The Hall–Kier alpha value is -1.40. The van der Waals surface area contributed by atoms with Crippen LogP contribution in [0, 0.1) is 6.92 Å². The number of benzene rings is 1. The zero-order valence-corrected chi connectivity index (χ0v) is 11.7. The molecule has 1 heterocycles. The lowest BCUT2D eigenvalue weighted by molar-refractivity contribution is -0.117. The number of anilines is 1. The van der Waals surface area contributed by atoms with E-state index in [0.717, 1.165) is 5.56 Å². The Bertz CT molecular complexity index is 596. The first-order chi connectivity index (χ1) is 8.82. The van der Waals surface area contributed by atoms with Crippen molar-refractivity contribution in [2.24, 2.45) is 0 Å². The molecule has 0 saturated carbocycles. The van der Waals surface area contributed by atoms with E-state index in [4.69, 9.17) is 0 Å². The van der Waals surface area contributed by atoms with E-state index in [1.165, 1.54) is 11.8 Å². The minimum Gasteiger partial charge on any atom is -0.390 e. The number of nitrogens with zero attached hydrogens (tertiary/aromatic N) is 1. The average molecular weight is 283 g/mol. The Labute approximate surface area is 112 Å². The van der Waals surface area contributed by atoms with Crippen LogP contribution in [-0.2, 0) is 14.6 Å². The third-order valence-corrected chi connectivity index (χ3v) is 5.04. The van der Waals surface area contributed by atoms with Crippen molar-refractivity contribution in [1.29, 1.82) is 0 Å². The fourth-order valence-corrected chi connectivity index (χ4v) is 4.24. The Morgan fingerprint density at radius 2 is 1.95 bits per heavy atom. The highest BCUT2D eigenvalue weighted by Gasteiger charge is 2.41. The summed E-state index contributed by atoms with van der Waals surface area (Å²) in [7, 11) is -3.29. The lowest BCUT2D eigenvalue weighted by Crippen LogP contribution is -2.46. The van der Waals surface area contributed by atoms with Gasteiger partial charge in [-0.1, -0.05) is 18.2 Å². The molecule has 1 amide bonds. The average Bonchev–Trinajstić information content (AvgIpc) is 2.55. The van der Waals surface area contributed by atoms with Gasteiger partial charge in [0.25, 0.3) is 0 Å². The van der Waals surface area contributed by atoms with Crippen molar-refractivity contribution < 1.29 is 18.3 Å². The normalized spacial score (nSPS) is 25.2. The van der Waals surface area contributed by atoms with Crippen LogP contribution in [0.1, 0.15) is 12.5 Å². The van der Waals surface area contributed by atoms with E-state index in [1.54, 1.807) is 12.1 Å². The summed E-state index contributed by atoms with van der Waals surface area (Å²) in [6.07, 6.45) is -1.03. The van der Waals surface area contributed by atoms with Gasteiger partial charge in [0, 0.05) is 12.6 Å². The van der Waals surface area contributed by atoms with Crippen molar-refractivity contribution in [1.82, 2.24) is 0 Å². The van der Waals surface area contributed by atoms with Crippen molar-refractivity contribution in [3.8, 4) is 0 Å². The Morgan fingerprint density at radius 1 is 1.32 bits per heavy atom. The predicted molar refractivity (Wildman–Crippen MR) is 72.8 cm³/mol. The SMILES string of the molecule is CC(=O)N(c1ccccc1C)C1CS(=O)(=O)CC1O. The third kappa shape index (κ3) is 2.79. The minimum absolute atomic E-state index is 0.192. The first-order valence-corrected chi connectivity index (χ1v) is 7.88. The number of rotatable bonds is 2. The summed E-state index contributed by atoms with van der Waals surface area (Å²) < 4.78 is 23.2. The Kier molecular flexibility index (Phi) is 3.64. The minimum atomic E-state index is -3.29. The molecule has 0 bridgehead atoms. The van der Waals surface area contributed by atoms with Crippen molar-refractivity contribution >= 4 is 21.4 Å². The van der Waals surface area contributed by atoms with Gasteiger partial charge in [0.15, 0.2) is 9.84 Å². The number of hydrogen-bond donors (Lipinski definition) is 1. The second-order valence-electron chi connectivity index (χ2n) is 4.89. The molecule has 1 aromatic carbocycles. The largest absolute Gasteiger partial charge is 0.390 e. The summed E-state index contributed by atoms with van der Waals surface area (Å²) in [4.78, 5) is 13.3. The molecule has 5 nitrogen and oxygen atoms in total. The van der Waals surface area contributed by atoms with Crippen molar-refractivity contribution in [2.45, 2.75) is 26.0 Å². The van der Waals surface area contributed by atoms with E-state index >= 15 is 0 Å². The molecule has 2 unspecified atom stereocenters. The van der Waals surface area contributed by atoms with Gasteiger partial charge < -0.3 is 10.0 Å². The zero-order chi connectivity index (χ0) is 14.2. The summed E-state index contributed by atoms with van der Waals surface area (Å²) in [5.74, 6) is -0.745. The van der Waals surface area contributed by atoms with Crippen LogP contribution in [-0.4, -0.2) is 43.1 Å². The van der Waals surface area contributed by atoms with Crippen LogP contribution in [0.2, 0.25) is 0 Å². The van der Waals surface area contributed by atoms with Crippen molar-refractivity contribution in [2.75, 3.05) is 16.4 Å². The number of aliphatic hydroxyl groups excluding tert-OH is 1. The van der Waals surface area contributed by atoms with E-state index in [-0.39, 0.29) is 17.4 Å². The molecule has 1 N–H and O–H groups in total. The molecule has 1 aliphatic rings. The van der Waals surface area contributed by atoms with Crippen LogP contribution >= 0.6 is 0 Å². The number of sulfone groups is 1. The maximum Gasteiger partial charge on any atom is 0.224 e. The Balaban J connectivity index is 2.43. The molecule has 0 spiro atoms. The lowest BCUT2D eigenvalue weighted by Gasteiger charge is -2.30. The molecule has 2 atom stereocenters. The van der Waals surface area contributed by atoms with Gasteiger partial charge in [0.1, 0.15) is 0 Å². The van der Waals surface area contributed by atoms with E-state index < -0.39 is 22.0 Å². The molecule has 0 radical (unpaired) electrons. The molecule has 1 fully saturated rings. The molecule has 104 valence electrons. The van der Waals surface area contributed by atoms with Crippen molar-refractivity contribution in [3.05, 3.63) is 29.8 Å². The van der Waals surface area contributed by atoms with E-state index in [2.05, 4.69) is 0 Å². The maximum absolute atomic E-state index is 11.9. The standard InChI is InChI=1S/C13H17NO4S/c1-9-5-3-4-6-11(9)14(10(2)15)12-7-19(17,18)8-13(12)16/h3-6,12-13,16H,7-8H2,1-2H3. The highest BCUT2D eigenvalue weighted by Crippen LogP contribution is 2.27. The summed E-state index contributed by atoms with van der Waals surface area (Å²) in [5.41, 5.74) is 1.52. The van der Waals surface area contributed by atoms with Gasteiger partial charge in [-0.05, 0) is 18.6 Å². The second-order valence-corrected chi connectivity index (χ2v) is 7.04. The molecule has 1 aromatic rings. The first-order valence-electron chi connectivity index (χ1n) is 6.06. The van der Waals surface area contributed by atoms with Crippen LogP contribution in [0.5, 0.6) is 0 Å². The summed E-state index contributed by atoms with van der Waals surface area (Å²) in [6.45, 7) is 3.23. The van der Waals surface area contributed by atoms with Gasteiger partial charge in [0.2, 0.25) is 5.91 Å². The number of para-hydroxylation sites is 1. The van der Waals surface area contributed by atoms with E-state index in [9.17, 15) is 18.3 Å². The number of hydrogen-bond acceptors (Lipinski definition) is 4. The number of carbonyl (C=O) groups is 1. The molecular formula is C13H17NO4S. The lowest BCUT2D eigenvalue weighted by atomic mass is 10.1. The van der Waals surface area contributed by atoms with Crippen LogP contribution in [0.3, 0.4) is 0 Å². The number of aryl methyl sites for hydroxylation is 1. The van der Waals surface area contributed by atoms with Gasteiger partial charge >= 0.3 is 0 Å². The highest BCUT2D eigenvalue weighted by atomic mass is 32.2. The zero-order valence-electron chi connectivity index (χ0n) is 10.9. The van der Waals surface area contributed by atoms with Crippen LogP contribution in [0.25, 0.3) is 0 Å². The third-order valence-electron chi connectivity index (χ3n) is 3.34. The quantitative estimate of drug-likeness (QED) is 0.858. The fraction of sp³-hybridized carbons (Fsp3) is 0.462. The molecule has 19 heavy (non-hydrogen) atoms. The van der Waals surface area contributed by atoms with E-state index in [1.807, 2.05) is 19.1 Å². The molecular weight excluding hydrogens is 266 g/mol. The first kappa shape index (κ1) is 14.0. The monoisotopic (exact) mass is 283 g/mol. The molecule has 1 aliphatic heterocycles. The smallest absolute Gasteiger partial charge is 0.224 e. The van der Waals surface area contributed by atoms with Crippen LogP contribution in [0.15, 0.2) is 24.3 Å². The fourth-order valence-electron chi connectivity index (χ4n) is 2.47. The molecule has 0 aromatic heterocycles. The number of carbonyl (C=O) groups excluding carboxylic acids is 1. The van der Waals surface area contributed by atoms with Gasteiger partial charge in [-0.3, -0.25) is 4.79 Å². The topological polar surface area (TPSA) is 74.7 Å². The molecule has 0 aliphatic carbocycles. The van der Waals surface area contributed by atoms with Crippen LogP contribution in [0.4, 0.5) is 5.69 Å². The van der Waals surface area contributed by atoms with Gasteiger partial charge in [0.05, 0.1) is 23.7 Å². The summed E-state index contributed by atoms with van der Waals surface area (Å²) in [5, 5.41) is 9.92. The molecule has 2 rings (SSSR count). The summed E-state index contributed by atoms with van der Waals surface area (Å²) >= 11 is 0. The number of aliphatic hydroxyl groups is 1. The summed E-state index contributed by atoms with van der Waals surface area (Å²) in [6, 6.07) is 6.53. The highest BCUT2D eigenvalue weighted by molar-refractivity contribution is 7.91. The van der Waals surface area contributed by atoms with Gasteiger partial charge in [-0.25, -0.2) is 8.42 Å². The molecule has 6 heteroatoms. The Morgan fingerprint density at radius 3 is 2.42 bits per heavy atom. The predicted octanol–water partition coefficient (Wildman–Crippen LogP) is 0.506. The maximum atomic E-state index is 11.9. The van der Waals surface area contributed by atoms with Crippen molar-refractivity contribution in [3.63, 3.8) is 0 Å².